The molecule has 9 heteroatoms. The van der Waals surface area contributed by atoms with Crippen LogP contribution in [-0.4, -0.2) is 61.7 Å². The molecular weight excluding hydrogens is 454 g/mol. The number of aromatic nitrogens is 2. The molecule has 1 N–H and O–H groups in total. The number of likely N-dealkylation sites (tertiary alicyclic amines) is 1. The predicted molar refractivity (Wildman–Crippen MR) is 127 cm³/mol. The smallest absolute Gasteiger partial charge is 0.274 e. The van der Waals surface area contributed by atoms with E-state index in [1.54, 1.807) is 22.5 Å². The number of nitrogens with one attached hydrogen (secondary N) is 1. The number of nitrogens with zero attached hydrogens (tertiary/aromatic N) is 4. The van der Waals surface area contributed by atoms with Gasteiger partial charge in [-0.15, -0.1) is 0 Å². The third-order valence-electron chi connectivity index (χ3n) is 7.16. The number of fused-ring (bicyclic) bond motifs is 1. The van der Waals surface area contributed by atoms with E-state index in [0.29, 0.717) is 23.8 Å². The van der Waals surface area contributed by atoms with Gasteiger partial charge in [0.2, 0.25) is 5.91 Å². The van der Waals surface area contributed by atoms with Gasteiger partial charge in [-0.25, -0.2) is 4.98 Å². The van der Waals surface area contributed by atoms with Crippen LogP contribution in [0.1, 0.15) is 72.0 Å². The summed E-state index contributed by atoms with van der Waals surface area (Å²) in [5, 5.41) is 3.56. The number of hydrogen-bond donors (Lipinski definition) is 1. The number of amides is 3. The Hall–Kier alpha value is -2.87. The molecular formula is C25H30ClN5O3. The number of imidazole rings is 1. The second-order valence-electron chi connectivity index (χ2n) is 9.73. The monoisotopic (exact) mass is 483 g/mol. The molecule has 2 aromatic rings. The highest BCUT2D eigenvalue weighted by atomic mass is 35.5. The molecule has 8 nitrogen and oxygen atoms in total. The number of halogens is 1. The van der Waals surface area contributed by atoms with Crippen LogP contribution in [0.25, 0.3) is 0 Å². The molecule has 0 unspecified atom stereocenters. The van der Waals surface area contributed by atoms with Crippen molar-refractivity contribution in [2.24, 2.45) is 0 Å². The molecule has 1 aromatic heterocycles. The van der Waals surface area contributed by atoms with E-state index < -0.39 is 5.54 Å². The lowest BCUT2D eigenvalue weighted by molar-refractivity contribution is -0.133. The van der Waals surface area contributed by atoms with Gasteiger partial charge in [-0.1, -0.05) is 42.6 Å². The average Bonchev–Trinajstić information content (AvgIpc) is 3.61. The van der Waals surface area contributed by atoms with Gasteiger partial charge in [-0.2, -0.15) is 0 Å². The topological polar surface area (TPSA) is 87.5 Å². The summed E-state index contributed by atoms with van der Waals surface area (Å²) >= 11 is 6.25. The summed E-state index contributed by atoms with van der Waals surface area (Å²) in [7, 11) is 0. The standard InChI is InChI=1S/C25H30ClN5O3/c1-25(24(34)27-14-17-8-4-5-9-19(17)26)15-30-16-28-20(21(30)23(33)31(25)18-10-11-18)22(32)29-12-6-2-3-7-13-29/h4-5,8-9,16,18H,2-3,6-7,10-15H2,1H3,(H,27,34)/t25-/m0/s1. The normalized spacial score (nSPS) is 22.8. The van der Waals surface area contributed by atoms with Crippen LogP contribution in [0.5, 0.6) is 0 Å². The molecule has 5 rings (SSSR count). The van der Waals surface area contributed by atoms with Crippen LogP contribution < -0.4 is 5.32 Å². The van der Waals surface area contributed by atoms with E-state index in [0.717, 1.165) is 44.1 Å². The Morgan fingerprint density at radius 1 is 1.15 bits per heavy atom. The first-order valence-corrected chi connectivity index (χ1v) is 12.5. The number of benzene rings is 1. The molecule has 180 valence electrons. The summed E-state index contributed by atoms with van der Waals surface area (Å²) in [4.78, 5) is 48.4. The Kier molecular flexibility index (Phi) is 6.10. The van der Waals surface area contributed by atoms with Gasteiger partial charge in [0.15, 0.2) is 5.69 Å². The van der Waals surface area contributed by atoms with Crippen molar-refractivity contribution in [1.29, 1.82) is 0 Å². The van der Waals surface area contributed by atoms with E-state index in [1.807, 2.05) is 23.1 Å². The summed E-state index contributed by atoms with van der Waals surface area (Å²) in [5.74, 6) is -0.723. The van der Waals surface area contributed by atoms with E-state index >= 15 is 0 Å². The molecule has 1 saturated heterocycles. The Balaban J connectivity index is 1.41. The largest absolute Gasteiger partial charge is 0.350 e. The van der Waals surface area contributed by atoms with Crippen LogP contribution in [0.15, 0.2) is 30.6 Å². The van der Waals surface area contributed by atoms with E-state index in [-0.39, 0.29) is 42.5 Å². The van der Waals surface area contributed by atoms with Crippen molar-refractivity contribution in [1.82, 2.24) is 24.7 Å². The molecule has 0 bridgehead atoms. The maximum atomic E-state index is 13.8. The average molecular weight is 484 g/mol. The third-order valence-corrected chi connectivity index (χ3v) is 7.53. The van der Waals surface area contributed by atoms with Gasteiger partial charge >= 0.3 is 0 Å². The first-order valence-electron chi connectivity index (χ1n) is 12.1. The van der Waals surface area contributed by atoms with Crippen LogP contribution in [-0.2, 0) is 17.9 Å². The zero-order valence-electron chi connectivity index (χ0n) is 19.4. The quantitative estimate of drug-likeness (QED) is 0.707. The highest BCUT2D eigenvalue weighted by molar-refractivity contribution is 6.31. The molecule has 3 aliphatic rings. The number of carbonyl (C=O) groups excluding carboxylic acids is 3. The van der Waals surface area contributed by atoms with Gasteiger partial charge in [0, 0.05) is 30.7 Å². The Bertz CT molecular complexity index is 1120. The fourth-order valence-electron chi connectivity index (χ4n) is 5.14. The summed E-state index contributed by atoms with van der Waals surface area (Å²) in [6.45, 7) is 3.70. The maximum Gasteiger partial charge on any atom is 0.274 e. The van der Waals surface area contributed by atoms with Gasteiger partial charge in [-0.3, -0.25) is 14.4 Å². The second-order valence-corrected chi connectivity index (χ2v) is 10.1. The fourth-order valence-corrected chi connectivity index (χ4v) is 5.35. The highest BCUT2D eigenvalue weighted by Gasteiger charge is 2.53. The summed E-state index contributed by atoms with van der Waals surface area (Å²) in [6.07, 6.45) is 7.39. The van der Waals surface area contributed by atoms with Crippen molar-refractivity contribution in [2.45, 2.75) is 70.1 Å². The van der Waals surface area contributed by atoms with E-state index in [4.69, 9.17) is 11.6 Å². The minimum absolute atomic E-state index is 0.00616. The lowest BCUT2D eigenvalue weighted by Crippen LogP contribution is -2.64. The van der Waals surface area contributed by atoms with Crippen molar-refractivity contribution in [3.8, 4) is 0 Å². The maximum absolute atomic E-state index is 13.8. The molecule has 3 amide bonds. The van der Waals surface area contributed by atoms with E-state index in [1.165, 1.54) is 6.33 Å². The van der Waals surface area contributed by atoms with Gasteiger partial charge in [0.05, 0.1) is 12.9 Å². The minimum Gasteiger partial charge on any atom is -0.350 e. The zero-order chi connectivity index (χ0) is 23.9. The number of carbonyl (C=O) groups is 3. The molecule has 34 heavy (non-hydrogen) atoms. The predicted octanol–water partition coefficient (Wildman–Crippen LogP) is 3.25. The molecule has 0 spiro atoms. The van der Waals surface area contributed by atoms with Gasteiger partial charge in [0.1, 0.15) is 11.2 Å². The fraction of sp³-hybridized carbons (Fsp3) is 0.520. The van der Waals surface area contributed by atoms with E-state index in [2.05, 4.69) is 10.3 Å². The number of rotatable bonds is 5. The highest BCUT2D eigenvalue weighted by Crippen LogP contribution is 2.39. The second kappa shape index (κ2) is 9.06. The van der Waals surface area contributed by atoms with Crippen molar-refractivity contribution < 1.29 is 14.4 Å². The molecule has 1 aromatic carbocycles. The molecule has 1 atom stereocenters. The van der Waals surface area contributed by atoms with Crippen LogP contribution >= 0.6 is 11.6 Å². The summed E-state index contributed by atoms with van der Waals surface area (Å²) in [5.41, 5.74) is 0.235. The summed E-state index contributed by atoms with van der Waals surface area (Å²) in [6, 6.07) is 7.36. The lowest BCUT2D eigenvalue weighted by Gasteiger charge is -2.44. The van der Waals surface area contributed by atoms with Crippen molar-refractivity contribution in [3.63, 3.8) is 0 Å². The Morgan fingerprint density at radius 3 is 2.53 bits per heavy atom. The first-order chi connectivity index (χ1) is 16.4. The molecule has 1 saturated carbocycles. The number of hydrogen-bond acceptors (Lipinski definition) is 4. The molecule has 2 aliphatic heterocycles. The molecule has 1 aliphatic carbocycles. The molecule has 2 fully saturated rings. The van der Waals surface area contributed by atoms with E-state index in [9.17, 15) is 14.4 Å². The van der Waals surface area contributed by atoms with Gasteiger partial charge in [0.25, 0.3) is 11.8 Å². The van der Waals surface area contributed by atoms with Crippen LogP contribution in [0.3, 0.4) is 0 Å². The molecule has 3 heterocycles. The first kappa shape index (κ1) is 22.9. The Labute approximate surface area is 204 Å². The lowest BCUT2D eigenvalue weighted by atomic mass is 9.93. The third kappa shape index (κ3) is 4.08. The zero-order valence-corrected chi connectivity index (χ0v) is 20.2. The van der Waals surface area contributed by atoms with Crippen LogP contribution in [0, 0.1) is 0 Å². The van der Waals surface area contributed by atoms with Crippen LogP contribution in [0.4, 0.5) is 0 Å². The van der Waals surface area contributed by atoms with Crippen LogP contribution in [0.2, 0.25) is 5.02 Å². The van der Waals surface area contributed by atoms with Crippen molar-refractivity contribution >= 4 is 29.3 Å². The molecule has 0 radical (unpaired) electrons. The van der Waals surface area contributed by atoms with Gasteiger partial charge < -0.3 is 19.7 Å². The van der Waals surface area contributed by atoms with Crippen molar-refractivity contribution in [3.05, 3.63) is 52.6 Å². The Morgan fingerprint density at radius 2 is 1.85 bits per heavy atom. The summed E-state index contributed by atoms with van der Waals surface area (Å²) < 4.78 is 1.68. The van der Waals surface area contributed by atoms with Crippen molar-refractivity contribution in [2.75, 3.05) is 13.1 Å². The van der Waals surface area contributed by atoms with Gasteiger partial charge in [-0.05, 0) is 44.2 Å². The minimum atomic E-state index is -1.09. The SMILES string of the molecule is C[C@@]1(C(=O)NCc2ccccc2Cl)Cn2cnc(C(=O)N3CCCCCC3)c2C(=O)N1C1CC1.